The van der Waals surface area contributed by atoms with Gasteiger partial charge in [0, 0.05) is 5.92 Å². The highest BCUT2D eigenvalue weighted by Crippen LogP contribution is 2.32. The fourth-order valence-electron chi connectivity index (χ4n) is 1.58. The van der Waals surface area contributed by atoms with Crippen LogP contribution in [0.5, 0.6) is 0 Å². The van der Waals surface area contributed by atoms with Crippen molar-refractivity contribution < 1.29 is 5.11 Å². The molecule has 1 heteroatoms. The summed E-state index contributed by atoms with van der Waals surface area (Å²) in [5, 5.41) is 9.69. The third-order valence-electron chi connectivity index (χ3n) is 2.38. The summed E-state index contributed by atoms with van der Waals surface area (Å²) in [7, 11) is 0. The molecule has 10 heavy (non-hydrogen) atoms. The molecule has 56 valence electrons. The zero-order valence-corrected chi connectivity index (χ0v) is 6.43. The van der Waals surface area contributed by atoms with Crippen molar-refractivity contribution in [2.24, 2.45) is 5.92 Å². The van der Waals surface area contributed by atoms with E-state index < -0.39 is 5.60 Å². The van der Waals surface area contributed by atoms with Crippen LogP contribution in [0.1, 0.15) is 32.6 Å². The highest BCUT2D eigenvalue weighted by Gasteiger charge is 2.32. The summed E-state index contributed by atoms with van der Waals surface area (Å²) in [5.74, 6) is 2.73. The Morgan fingerprint density at radius 2 is 2.30 bits per heavy atom. The Labute approximate surface area is 62.4 Å². The van der Waals surface area contributed by atoms with Gasteiger partial charge in [-0.1, -0.05) is 12.8 Å². The normalized spacial score (nSPS) is 40.7. The van der Waals surface area contributed by atoms with E-state index >= 15 is 0 Å². The maximum Gasteiger partial charge on any atom is 0.0756 e. The lowest BCUT2D eigenvalue weighted by molar-refractivity contribution is -0.00839. The molecule has 1 aliphatic carbocycles. The predicted octanol–water partition coefficient (Wildman–Crippen LogP) is 1.56. The van der Waals surface area contributed by atoms with Crippen LogP contribution >= 0.6 is 0 Å². The van der Waals surface area contributed by atoms with Gasteiger partial charge in [0.05, 0.1) is 5.60 Å². The minimum Gasteiger partial charge on any atom is -0.389 e. The van der Waals surface area contributed by atoms with Gasteiger partial charge in [-0.15, -0.1) is 12.3 Å². The number of aliphatic hydroxyl groups is 1. The van der Waals surface area contributed by atoms with Crippen molar-refractivity contribution in [1.82, 2.24) is 0 Å². The average molecular weight is 138 g/mol. The van der Waals surface area contributed by atoms with Crippen molar-refractivity contribution in [3.8, 4) is 12.3 Å². The number of hydrogen-bond acceptors (Lipinski definition) is 1. The van der Waals surface area contributed by atoms with Crippen LogP contribution in [0.25, 0.3) is 0 Å². The van der Waals surface area contributed by atoms with Gasteiger partial charge >= 0.3 is 0 Å². The van der Waals surface area contributed by atoms with E-state index in [2.05, 4.69) is 5.92 Å². The van der Waals surface area contributed by atoms with Gasteiger partial charge < -0.3 is 5.11 Å². The molecule has 1 saturated carbocycles. The molecular formula is C9H14O. The van der Waals surface area contributed by atoms with Crippen LogP contribution in [0.4, 0.5) is 0 Å². The maximum absolute atomic E-state index is 9.69. The van der Waals surface area contributed by atoms with Crippen molar-refractivity contribution in [2.75, 3.05) is 0 Å². The van der Waals surface area contributed by atoms with Gasteiger partial charge in [0.1, 0.15) is 0 Å². The molecule has 0 saturated heterocycles. The Morgan fingerprint density at radius 1 is 1.60 bits per heavy atom. The van der Waals surface area contributed by atoms with Crippen LogP contribution in [0.3, 0.4) is 0 Å². The van der Waals surface area contributed by atoms with Crippen LogP contribution < -0.4 is 0 Å². The zero-order valence-electron chi connectivity index (χ0n) is 6.43. The van der Waals surface area contributed by atoms with Crippen LogP contribution in [-0.2, 0) is 0 Å². The summed E-state index contributed by atoms with van der Waals surface area (Å²) in [4.78, 5) is 0. The van der Waals surface area contributed by atoms with E-state index in [1.165, 1.54) is 6.42 Å². The lowest BCUT2D eigenvalue weighted by Crippen LogP contribution is -2.36. The van der Waals surface area contributed by atoms with Gasteiger partial charge in [-0.3, -0.25) is 0 Å². The molecule has 1 nitrogen and oxygen atoms in total. The highest BCUT2D eigenvalue weighted by molar-refractivity contribution is 5.03. The maximum atomic E-state index is 9.69. The first kappa shape index (κ1) is 7.63. The highest BCUT2D eigenvalue weighted by atomic mass is 16.3. The molecular weight excluding hydrogens is 124 g/mol. The van der Waals surface area contributed by atoms with Crippen molar-refractivity contribution in [3.63, 3.8) is 0 Å². The largest absolute Gasteiger partial charge is 0.389 e. The minimum atomic E-state index is -0.590. The molecule has 2 atom stereocenters. The molecule has 0 aromatic carbocycles. The van der Waals surface area contributed by atoms with Crippen molar-refractivity contribution in [3.05, 3.63) is 0 Å². The van der Waals surface area contributed by atoms with Gasteiger partial charge in [-0.25, -0.2) is 0 Å². The smallest absolute Gasteiger partial charge is 0.0756 e. The topological polar surface area (TPSA) is 20.2 Å². The molecule has 0 bridgehead atoms. The van der Waals surface area contributed by atoms with E-state index in [0.717, 1.165) is 19.3 Å². The van der Waals surface area contributed by atoms with Crippen LogP contribution in [-0.4, -0.2) is 10.7 Å². The van der Waals surface area contributed by atoms with Crippen molar-refractivity contribution in [2.45, 2.75) is 38.2 Å². The average Bonchev–Trinajstić information content (AvgIpc) is 1.87. The quantitative estimate of drug-likeness (QED) is 0.504. The Balaban J connectivity index is 2.62. The molecule has 0 heterocycles. The lowest BCUT2D eigenvalue weighted by atomic mass is 9.77. The van der Waals surface area contributed by atoms with E-state index in [1.54, 1.807) is 0 Å². The third kappa shape index (κ3) is 1.33. The van der Waals surface area contributed by atoms with Gasteiger partial charge in [0.25, 0.3) is 0 Å². The summed E-state index contributed by atoms with van der Waals surface area (Å²) in [6, 6.07) is 0. The van der Waals surface area contributed by atoms with Crippen LogP contribution in [0, 0.1) is 18.3 Å². The SMILES string of the molecule is C#CC1CCCCC1(C)O. The van der Waals surface area contributed by atoms with Crippen LogP contribution in [0.15, 0.2) is 0 Å². The van der Waals surface area contributed by atoms with Gasteiger partial charge in [-0.2, -0.15) is 0 Å². The number of rotatable bonds is 0. The Bertz CT molecular complexity index is 153. The number of terminal acetylenes is 1. The van der Waals surface area contributed by atoms with E-state index in [4.69, 9.17) is 6.42 Å². The fraction of sp³-hybridized carbons (Fsp3) is 0.778. The predicted molar refractivity (Wildman–Crippen MR) is 41.4 cm³/mol. The Hall–Kier alpha value is -0.480. The van der Waals surface area contributed by atoms with Gasteiger partial charge in [0.2, 0.25) is 0 Å². The van der Waals surface area contributed by atoms with Gasteiger partial charge in [0.15, 0.2) is 0 Å². The lowest BCUT2D eigenvalue weighted by Gasteiger charge is -2.33. The molecule has 0 aliphatic heterocycles. The first-order valence-electron chi connectivity index (χ1n) is 3.85. The second-order valence-electron chi connectivity index (χ2n) is 3.32. The van der Waals surface area contributed by atoms with E-state index in [0.29, 0.717) is 0 Å². The Kier molecular flexibility index (Phi) is 2.01. The van der Waals surface area contributed by atoms with Crippen molar-refractivity contribution >= 4 is 0 Å². The summed E-state index contributed by atoms with van der Waals surface area (Å²) < 4.78 is 0. The summed E-state index contributed by atoms with van der Waals surface area (Å²) in [6.07, 6.45) is 9.41. The van der Waals surface area contributed by atoms with Gasteiger partial charge in [-0.05, 0) is 19.8 Å². The minimum absolute atomic E-state index is 0.0845. The van der Waals surface area contributed by atoms with E-state index in [-0.39, 0.29) is 5.92 Å². The molecule has 0 aromatic rings. The summed E-state index contributed by atoms with van der Waals surface area (Å²) in [5.41, 5.74) is -0.590. The molecule has 0 amide bonds. The molecule has 1 rings (SSSR count). The van der Waals surface area contributed by atoms with Crippen molar-refractivity contribution in [1.29, 1.82) is 0 Å². The fourth-order valence-corrected chi connectivity index (χ4v) is 1.58. The number of hydrogen-bond donors (Lipinski definition) is 1. The molecule has 1 fully saturated rings. The first-order chi connectivity index (χ1) is 4.67. The monoisotopic (exact) mass is 138 g/mol. The second-order valence-corrected chi connectivity index (χ2v) is 3.32. The zero-order chi connectivity index (χ0) is 7.61. The summed E-state index contributed by atoms with van der Waals surface area (Å²) in [6.45, 7) is 1.84. The first-order valence-corrected chi connectivity index (χ1v) is 3.85. The third-order valence-corrected chi connectivity index (χ3v) is 2.38. The molecule has 0 spiro atoms. The van der Waals surface area contributed by atoms with E-state index in [9.17, 15) is 5.11 Å². The standard InChI is InChI=1S/C9H14O/c1-3-8-6-4-5-7-9(8,2)10/h1,8,10H,4-7H2,2H3. The van der Waals surface area contributed by atoms with Crippen LogP contribution in [0.2, 0.25) is 0 Å². The second kappa shape index (κ2) is 2.64. The Morgan fingerprint density at radius 3 is 2.70 bits per heavy atom. The molecule has 0 aromatic heterocycles. The molecule has 0 radical (unpaired) electrons. The summed E-state index contributed by atoms with van der Waals surface area (Å²) >= 11 is 0. The molecule has 1 aliphatic rings. The molecule has 1 N–H and O–H groups in total. The van der Waals surface area contributed by atoms with E-state index in [1.807, 2.05) is 6.92 Å². The molecule has 2 unspecified atom stereocenters.